The normalized spacial score (nSPS) is 13.5. The molecular formula is C18H21N5O2. The molecule has 0 unspecified atom stereocenters. The van der Waals surface area contributed by atoms with Crippen molar-refractivity contribution in [1.82, 2.24) is 20.0 Å². The molecule has 130 valence electrons. The van der Waals surface area contributed by atoms with Gasteiger partial charge in [-0.1, -0.05) is 18.2 Å². The Bertz CT molecular complexity index is 793. The number of ether oxygens (including phenoxy) is 1. The van der Waals surface area contributed by atoms with E-state index in [1.54, 1.807) is 18.1 Å². The smallest absolute Gasteiger partial charge is 0.317 e. The second-order valence-corrected chi connectivity index (χ2v) is 5.92. The van der Waals surface area contributed by atoms with Crippen LogP contribution in [0.4, 0.5) is 4.79 Å². The first kappa shape index (κ1) is 16.8. The quantitative estimate of drug-likeness (QED) is 0.922. The maximum Gasteiger partial charge on any atom is 0.317 e. The number of para-hydroxylation sites is 1. The van der Waals surface area contributed by atoms with Gasteiger partial charge < -0.3 is 15.0 Å². The molecule has 1 aliphatic rings. The number of carbonyl (C=O) groups is 1. The van der Waals surface area contributed by atoms with Gasteiger partial charge in [0.15, 0.2) is 5.69 Å². The van der Waals surface area contributed by atoms with Gasteiger partial charge in [-0.2, -0.15) is 10.4 Å². The lowest BCUT2D eigenvalue weighted by Crippen LogP contribution is -2.40. The lowest BCUT2D eigenvalue weighted by molar-refractivity contribution is 0.196. The van der Waals surface area contributed by atoms with E-state index in [1.807, 2.05) is 35.0 Å². The third kappa shape index (κ3) is 3.91. The van der Waals surface area contributed by atoms with E-state index in [-0.39, 0.29) is 6.03 Å². The molecule has 1 aromatic carbocycles. The van der Waals surface area contributed by atoms with Crippen molar-refractivity contribution in [1.29, 1.82) is 5.26 Å². The number of amides is 2. The standard InChI is InChI=1S/C18H21N5O2/c1-25-17-6-3-2-5-14(17)7-8-20-18(24)22-9-4-10-23-16(13-22)11-15(12-19)21-23/h2-3,5-6,11H,4,7-10,13H2,1H3,(H,20,24). The molecule has 7 nitrogen and oxygen atoms in total. The first-order valence-corrected chi connectivity index (χ1v) is 8.32. The predicted molar refractivity (Wildman–Crippen MR) is 92.1 cm³/mol. The number of carbonyl (C=O) groups excluding carboxylic acids is 1. The lowest BCUT2D eigenvalue weighted by Gasteiger charge is -2.20. The molecule has 25 heavy (non-hydrogen) atoms. The number of hydrogen-bond acceptors (Lipinski definition) is 4. The Kier molecular flexibility index (Phi) is 5.19. The second kappa shape index (κ2) is 7.71. The van der Waals surface area contributed by atoms with E-state index in [0.29, 0.717) is 31.7 Å². The number of nitriles is 1. The average Bonchev–Trinajstić information content (AvgIpc) is 2.92. The van der Waals surface area contributed by atoms with Gasteiger partial charge in [-0.15, -0.1) is 0 Å². The predicted octanol–water partition coefficient (Wildman–Crippen LogP) is 1.92. The summed E-state index contributed by atoms with van der Waals surface area (Å²) in [7, 11) is 1.65. The summed E-state index contributed by atoms with van der Waals surface area (Å²) >= 11 is 0. The zero-order valence-corrected chi connectivity index (χ0v) is 14.2. The minimum atomic E-state index is -0.0944. The molecule has 1 aliphatic heterocycles. The molecule has 2 heterocycles. The summed E-state index contributed by atoms with van der Waals surface area (Å²) in [6, 6.07) is 11.5. The van der Waals surface area contributed by atoms with Crippen LogP contribution in [-0.2, 0) is 19.5 Å². The molecule has 0 fully saturated rings. The molecule has 3 rings (SSSR count). The Morgan fingerprint density at radius 2 is 2.24 bits per heavy atom. The van der Waals surface area contributed by atoms with Crippen LogP contribution in [0, 0.1) is 11.3 Å². The van der Waals surface area contributed by atoms with Gasteiger partial charge in [0.25, 0.3) is 0 Å². The lowest BCUT2D eigenvalue weighted by atomic mass is 10.1. The SMILES string of the molecule is COc1ccccc1CCNC(=O)N1CCCn2nc(C#N)cc2C1. The zero-order valence-electron chi connectivity index (χ0n) is 14.2. The number of benzene rings is 1. The zero-order chi connectivity index (χ0) is 17.6. The molecule has 0 radical (unpaired) electrons. The molecule has 0 saturated heterocycles. The van der Waals surface area contributed by atoms with E-state index in [1.165, 1.54) is 0 Å². The highest BCUT2D eigenvalue weighted by molar-refractivity contribution is 5.74. The number of aryl methyl sites for hydroxylation is 1. The number of urea groups is 1. The molecule has 0 saturated carbocycles. The Morgan fingerprint density at radius 3 is 3.04 bits per heavy atom. The molecule has 7 heteroatoms. The minimum absolute atomic E-state index is 0.0944. The van der Waals surface area contributed by atoms with Crippen LogP contribution in [0.5, 0.6) is 5.75 Å². The van der Waals surface area contributed by atoms with Gasteiger partial charge in [0.2, 0.25) is 0 Å². The summed E-state index contributed by atoms with van der Waals surface area (Å²) in [5.74, 6) is 0.833. The van der Waals surface area contributed by atoms with Crippen LogP contribution >= 0.6 is 0 Å². The first-order chi connectivity index (χ1) is 12.2. The van der Waals surface area contributed by atoms with E-state index in [9.17, 15) is 4.79 Å². The molecule has 1 N–H and O–H groups in total. The van der Waals surface area contributed by atoms with Crippen molar-refractivity contribution in [2.75, 3.05) is 20.2 Å². The Balaban J connectivity index is 1.57. The van der Waals surface area contributed by atoms with E-state index < -0.39 is 0 Å². The fourth-order valence-electron chi connectivity index (χ4n) is 3.02. The number of nitrogens with one attached hydrogen (secondary N) is 1. The third-order valence-corrected chi connectivity index (χ3v) is 4.28. The maximum absolute atomic E-state index is 12.5. The topological polar surface area (TPSA) is 83.2 Å². The molecule has 1 aromatic heterocycles. The van der Waals surface area contributed by atoms with Crippen LogP contribution in [0.1, 0.15) is 23.4 Å². The number of nitrogens with zero attached hydrogens (tertiary/aromatic N) is 4. The van der Waals surface area contributed by atoms with Crippen molar-refractivity contribution < 1.29 is 9.53 Å². The van der Waals surface area contributed by atoms with Crippen molar-refractivity contribution in [2.45, 2.75) is 25.9 Å². The first-order valence-electron chi connectivity index (χ1n) is 8.32. The van der Waals surface area contributed by atoms with E-state index in [2.05, 4.69) is 10.4 Å². The number of methoxy groups -OCH3 is 1. The summed E-state index contributed by atoms with van der Waals surface area (Å²) in [4.78, 5) is 14.2. The van der Waals surface area contributed by atoms with Crippen molar-refractivity contribution >= 4 is 6.03 Å². The van der Waals surface area contributed by atoms with Crippen molar-refractivity contribution in [3.8, 4) is 11.8 Å². The molecule has 2 amide bonds. The van der Waals surface area contributed by atoms with E-state index >= 15 is 0 Å². The van der Waals surface area contributed by atoms with E-state index in [0.717, 1.165) is 30.0 Å². The van der Waals surface area contributed by atoms with Crippen LogP contribution in [0.3, 0.4) is 0 Å². The highest BCUT2D eigenvalue weighted by Gasteiger charge is 2.20. The molecule has 0 atom stereocenters. The fraction of sp³-hybridized carbons (Fsp3) is 0.389. The number of aromatic nitrogens is 2. The van der Waals surface area contributed by atoms with Gasteiger partial charge in [-0.25, -0.2) is 4.79 Å². The Hall–Kier alpha value is -3.01. The summed E-state index contributed by atoms with van der Waals surface area (Å²) in [6.45, 7) is 2.40. The third-order valence-electron chi connectivity index (χ3n) is 4.28. The second-order valence-electron chi connectivity index (χ2n) is 5.92. The van der Waals surface area contributed by atoms with Crippen LogP contribution < -0.4 is 10.1 Å². The summed E-state index contributed by atoms with van der Waals surface area (Å²) in [5.41, 5.74) is 2.36. The average molecular weight is 339 g/mol. The van der Waals surface area contributed by atoms with Gasteiger partial charge in [0.05, 0.1) is 19.3 Å². The minimum Gasteiger partial charge on any atom is -0.496 e. The number of rotatable bonds is 4. The van der Waals surface area contributed by atoms with Gasteiger partial charge in [0, 0.05) is 19.6 Å². The summed E-state index contributed by atoms with van der Waals surface area (Å²) in [5, 5.41) is 16.2. The number of fused-ring (bicyclic) bond motifs is 1. The highest BCUT2D eigenvalue weighted by Crippen LogP contribution is 2.17. The van der Waals surface area contributed by atoms with E-state index in [4.69, 9.17) is 10.00 Å². The molecule has 0 spiro atoms. The Labute approximate surface area is 146 Å². The summed E-state index contributed by atoms with van der Waals surface area (Å²) < 4.78 is 7.15. The molecule has 0 aliphatic carbocycles. The van der Waals surface area contributed by atoms with Crippen LogP contribution in [0.2, 0.25) is 0 Å². The van der Waals surface area contributed by atoms with Crippen LogP contribution in [-0.4, -0.2) is 40.9 Å². The maximum atomic E-state index is 12.5. The van der Waals surface area contributed by atoms with Gasteiger partial charge in [-0.05, 0) is 30.5 Å². The van der Waals surface area contributed by atoms with Crippen molar-refractivity contribution in [3.63, 3.8) is 0 Å². The van der Waals surface area contributed by atoms with Crippen LogP contribution in [0.25, 0.3) is 0 Å². The number of hydrogen-bond donors (Lipinski definition) is 1. The molecular weight excluding hydrogens is 318 g/mol. The van der Waals surface area contributed by atoms with Crippen molar-refractivity contribution in [2.24, 2.45) is 0 Å². The largest absolute Gasteiger partial charge is 0.496 e. The monoisotopic (exact) mass is 339 g/mol. The van der Waals surface area contributed by atoms with Gasteiger partial charge in [-0.3, -0.25) is 4.68 Å². The summed E-state index contributed by atoms with van der Waals surface area (Å²) in [6.07, 6.45) is 1.53. The van der Waals surface area contributed by atoms with Crippen molar-refractivity contribution in [3.05, 3.63) is 47.3 Å². The van der Waals surface area contributed by atoms with Gasteiger partial charge in [0.1, 0.15) is 11.8 Å². The fourth-order valence-corrected chi connectivity index (χ4v) is 3.02. The molecule has 0 bridgehead atoms. The van der Waals surface area contributed by atoms with Gasteiger partial charge >= 0.3 is 6.03 Å². The molecule has 2 aromatic rings. The Morgan fingerprint density at radius 1 is 1.40 bits per heavy atom. The van der Waals surface area contributed by atoms with Crippen LogP contribution in [0.15, 0.2) is 30.3 Å². The highest BCUT2D eigenvalue weighted by atomic mass is 16.5.